The molecule has 24 heavy (non-hydrogen) atoms. The second-order valence-electron chi connectivity index (χ2n) is 5.63. The SMILES string of the molecule is O=S(=O)(O)c1ccc(OCCCCCCCCCC(F)(F)F)cc1. The number of hydrogen-bond donors (Lipinski definition) is 1. The number of alkyl halides is 3. The zero-order chi connectivity index (χ0) is 18.1. The molecule has 1 rings (SSSR count). The lowest BCUT2D eigenvalue weighted by molar-refractivity contribution is -0.135. The molecule has 0 aliphatic carbocycles. The molecule has 0 aromatic heterocycles. The van der Waals surface area contributed by atoms with Gasteiger partial charge in [-0.2, -0.15) is 21.6 Å². The Balaban J connectivity index is 2.03. The fourth-order valence-corrected chi connectivity index (χ4v) is 2.69. The van der Waals surface area contributed by atoms with Crippen molar-refractivity contribution in [1.82, 2.24) is 0 Å². The number of benzene rings is 1. The van der Waals surface area contributed by atoms with Gasteiger partial charge in [0.15, 0.2) is 0 Å². The minimum absolute atomic E-state index is 0.180. The summed E-state index contributed by atoms with van der Waals surface area (Å²) in [5, 5.41) is 0. The summed E-state index contributed by atoms with van der Waals surface area (Å²) >= 11 is 0. The van der Waals surface area contributed by atoms with Crippen LogP contribution in [0.3, 0.4) is 0 Å². The highest BCUT2D eigenvalue weighted by molar-refractivity contribution is 7.85. The first-order chi connectivity index (χ1) is 11.2. The summed E-state index contributed by atoms with van der Waals surface area (Å²) in [4.78, 5) is -0.180. The second-order valence-corrected chi connectivity index (χ2v) is 7.06. The van der Waals surface area contributed by atoms with Crippen molar-refractivity contribution in [2.75, 3.05) is 6.61 Å². The minimum atomic E-state index is -4.19. The summed E-state index contributed by atoms with van der Waals surface area (Å²) < 4.78 is 71.9. The summed E-state index contributed by atoms with van der Waals surface area (Å²) in [6.07, 6.45) is 0.507. The van der Waals surface area contributed by atoms with Gasteiger partial charge < -0.3 is 4.74 Å². The molecule has 0 saturated heterocycles. The molecule has 0 fully saturated rings. The zero-order valence-electron chi connectivity index (χ0n) is 13.4. The topological polar surface area (TPSA) is 63.6 Å². The summed E-state index contributed by atoms with van der Waals surface area (Å²) in [6.45, 7) is 0.485. The fourth-order valence-electron chi connectivity index (χ4n) is 2.21. The van der Waals surface area contributed by atoms with E-state index in [1.807, 2.05) is 0 Å². The number of rotatable bonds is 11. The lowest BCUT2D eigenvalue weighted by Crippen LogP contribution is -2.06. The van der Waals surface area contributed by atoms with Gasteiger partial charge in [0.2, 0.25) is 0 Å². The lowest BCUT2D eigenvalue weighted by atomic mass is 10.1. The third-order valence-electron chi connectivity index (χ3n) is 3.49. The van der Waals surface area contributed by atoms with Crippen LogP contribution in [0.5, 0.6) is 5.75 Å². The molecule has 0 saturated carbocycles. The van der Waals surface area contributed by atoms with Gasteiger partial charge in [-0.3, -0.25) is 4.55 Å². The molecule has 0 aliphatic heterocycles. The molecule has 0 amide bonds. The summed E-state index contributed by atoms with van der Waals surface area (Å²) in [5.41, 5.74) is 0. The second kappa shape index (κ2) is 9.88. The van der Waals surface area contributed by atoms with Crippen LogP contribution in [-0.2, 0) is 10.1 Å². The Hall–Kier alpha value is -1.28. The molecule has 138 valence electrons. The van der Waals surface area contributed by atoms with Gasteiger partial charge >= 0.3 is 6.18 Å². The van der Waals surface area contributed by atoms with Crippen molar-refractivity contribution in [3.63, 3.8) is 0 Å². The molecule has 0 spiro atoms. The largest absolute Gasteiger partial charge is 0.494 e. The van der Waals surface area contributed by atoms with Crippen LogP contribution in [0.4, 0.5) is 13.2 Å². The van der Waals surface area contributed by atoms with E-state index in [1.165, 1.54) is 24.3 Å². The first-order valence-corrected chi connectivity index (χ1v) is 9.39. The molecule has 8 heteroatoms. The van der Waals surface area contributed by atoms with Gasteiger partial charge in [-0.25, -0.2) is 0 Å². The van der Waals surface area contributed by atoms with E-state index >= 15 is 0 Å². The molecular formula is C16H23F3O4S. The molecule has 1 aromatic carbocycles. The Morgan fingerprint density at radius 1 is 0.875 bits per heavy atom. The molecule has 0 unspecified atom stereocenters. The first-order valence-electron chi connectivity index (χ1n) is 7.95. The predicted octanol–water partition coefficient (Wildman–Crippen LogP) is 5.00. The maximum absolute atomic E-state index is 11.9. The maximum atomic E-state index is 11.9. The van der Waals surface area contributed by atoms with Gasteiger partial charge in [0.25, 0.3) is 10.1 Å². The van der Waals surface area contributed by atoms with Gasteiger partial charge in [0, 0.05) is 6.42 Å². The molecule has 0 aliphatic rings. The Kier molecular flexibility index (Phi) is 8.55. The van der Waals surface area contributed by atoms with E-state index < -0.39 is 22.7 Å². The van der Waals surface area contributed by atoms with Crippen molar-refractivity contribution in [3.8, 4) is 5.75 Å². The van der Waals surface area contributed by atoms with E-state index in [1.54, 1.807) is 0 Å². The van der Waals surface area contributed by atoms with Crippen LogP contribution >= 0.6 is 0 Å². The molecular weight excluding hydrogens is 345 g/mol. The Morgan fingerprint density at radius 2 is 1.38 bits per heavy atom. The van der Waals surface area contributed by atoms with Gasteiger partial charge in [0.05, 0.1) is 11.5 Å². The van der Waals surface area contributed by atoms with Crippen LogP contribution in [0.2, 0.25) is 0 Å². The minimum Gasteiger partial charge on any atom is -0.494 e. The summed E-state index contributed by atoms with van der Waals surface area (Å²) in [6, 6.07) is 5.49. The van der Waals surface area contributed by atoms with Crippen molar-refractivity contribution in [3.05, 3.63) is 24.3 Å². The van der Waals surface area contributed by atoms with Crippen LogP contribution in [-0.4, -0.2) is 25.8 Å². The Labute approximate surface area is 140 Å². The third-order valence-corrected chi connectivity index (χ3v) is 4.36. The molecule has 0 heterocycles. The Bertz CT molecular complexity index is 568. The molecule has 0 radical (unpaired) electrons. The molecule has 0 bridgehead atoms. The van der Waals surface area contributed by atoms with E-state index in [9.17, 15) is 21.6 Å². The van der Waals surface area contributed by atoms with Crippen molar-refractivity contribution < 1.29 is 30.9 Å². The van der Waals surface area contributed by atoms with E-state index in [2.05, 4.69) is 0 Å². The number of halogens is 3. The van der Waals surface area contributed by atoms with Crippen LogP contribution in [0.15, 0.2) is 29.2 Å². The number of unbranched alkanes of at least 4 members (excludes halogenated alkanes) is 6. The van der Waals surface area contributed by atoms with Crippen LogP contribution in [0.1, 0.15) is 51.4 Å². The molecule has 1 N–H and O–H groups in total. The molecule has 4 nitrogen and oxygen atoms in total. The molecule has 1 aromatic rings. The average Bonchev–Trinajstić information content (AvgIpc) is 2.47. The van der Waals surface area contributed by atoms with E-state index in [4.69, 9.17) is 9.29 Å². The van der Waals surface area contributed by atoms with Crippen molar-refractivity contribution in [1.29, 1.82) is 0 Å². The average molecular weight is 368 g/mol. The maximum Gasteiger partial charge on any atom is 0.389 e. The highest BCUT2D eigenvalue weighted by Crippen LogP contribution is 2.23. The van der Waals surface area contributed by atoms with Crippen molar-refractivity contribution >= 4 is 10.1 Å². The van der Waals surface area contributed by atoms with E-state index in [0.717, 1.165) is 32.1 Å². The zero-order valence-corrected chi connectivity index (χ0v) is 14.2. The highest BCUT2D eigenvalue weighted by atomic mass is 32.2. The summed E-state index contributed by atoms with van der Waals surface area (Å²) in [7, 11) is -4.19. The van der Waals surface area contributed by atoms with Gasteiger partial charge in [0.1, 0.15) is 5.75 Å². The van der Waals surface area contributed by atoms with Crippen LogP contribution in [0, 0.1) is 0 Å². The van der Waals surface area contributed by atoms with Crippen LogP contribution < -0.4 is 4.74 Å². The van der Waals surface area contributed by atoms with E-state index in [0.29, 0.717) is 18.8 Å². The predicted molar refractivity (Wildman–Crippen MR) is 84.7 cm³/mol. The smallest absolute Gasteiger partial charge is 0.389 e. The normalized spacial score (nSPS) is 12.3. The quantitative estimate of drug-likeness (QED) is 0.441. The third kappa shape index (κ3) is 9.77. The van der Waals surface area contributed by atoms with Gasteiger partial charge in [-0.15, -0.1) is 0 Å². The Morgan fingerprint density at radius 3 is 1.88 bits per heavy atom. The highest BCUT2D eigenvalue weighted by Gasteiger charge is 2.25. The van der Waals surface area contributed by atoms with Crippen LogP contribution in [0.25, 0.3) is 0 Å². The van der Waals surface area contributed by atoms with Crippen molar-refractivity contribution in [2.45, 2.75) is 62.4 Å². The standard InChI is InChI=1S/C16H23F3O4S/c17-16(18,19)12-6-4-2-1-3-5-7-13-23-14-8-10-15(11-9-14)24(20,21)22/h8-11H,1-7,12-13H2,(H,20,21,22). The fraction of sp³-hybridized carbons (Fsp3) is 0.625. The summed E-state index contributed by atoms with van der Waals surface area (Å²) in [5.74, 6) is 0.523. The lowest BCUT2D eigenvalue weighted by Gasteiger charge is -2.07. The monoisotopic (exact) mass is 368 g/mol. The number of hydrogen-bond acceptors (Lipinski definition) is 3. The molecule has 0 atom stereocenters. The first kappa shape index (κ1) is 20.8. The van der Waals surface area contributed by atoms with E-state index in [-0.39, 0.29) is 11.3 Å². The van der Waals surface area contributed by atoms with Crippen molar-refractivity contribution in [2.24, 2.45) is 0 Å². The van der Waals surface area contributed by atoms with Gasteiger partial charge in [-0.05, 0) is 37.1 Å². The van der Waals surface area contributed by atoms with Gasteiger partial charge in [-0.1, -0.05) is 32.1 Å². The number of ether oxygens (including phenoxy) is 1.